The van der Waals surface area contributed by atoms with Crippen LogP contribution in [0.15, 0.2) is 12.2 Å². The molecule has 10 heteroatoms. The molecule has 0 fully saturated rings. The van der Waals surface area contributed by atoms with Gasteiger partial charge in [0.1, 0.15) is 19.3 Å². The lowest BCUT2D eigenvalue weighted by Crippen LogP contribution is -2.47. The van der Waals surface area contributed by atoms with Gasteiger partial charge in [-0.05, 0) is 31.8 Å². The summed E-state index contributed by atoms with van der Waals surface area (Å²) in [6.07, 6.45) is 69.1. The van der Waals surface area contributed by atoms with Gasteiger partial charge in [-0.1, -0.05) is 329 Å². The summed E-state index contributed by atoms with van der Waals surface area (Å²) in [6.45, 7) is 6.90. The predicted octanol–water partition coefficient (Wildman–Crippen LogP) is 20.9. The molecule has 0 saturated carbocycles. The molecule has 0 aliphatic heterocycles. The zero-order valence-corrected chi connectivity index (χ0v) is 54.1. The second-order valence-electron chi connectivity index (χ2n) is 25.1. The van der Waals surface area contributed by atoms with E-state index in [9.17, 15) is 19.0 Å². The summed E-state index contributed by atoms with van der Waals surface area (Å²) in [6, 6.07) is -0.879. The van der Waals surface area contributed by atoms with Gasteiger partial charge in [-0.25, -0.2) is 0 Å². The molecule has 0 aliphatic rings. The van der Waals surface area contributed by atoms with Gasteiger partial charge in [0.25, 0.3) is 7.82 Å². The van der Waals surface area contributed by atoms with Crippen LogP contribution in [-0.4, -0.2) is 69.4 Å². The highest BCUT2D eigenvalue weighted by atomic mass is 31.2. The number of phosphoric ester groups is 1. The number of hydrogen-bond acceptors (Lipinski definition) is 7. The van der Waals surface area contributed by atoms with Crippen molar-refractivity contribution in [3.05, 3.63) is 12.2 Å². The van der Waals surface area contributed by atoms with Gasteiger partial charge in [0, 0.05) is 12.8 Å². The normalized spacial score (nSPS) is 13.6. The first-order valence-corrected chi connectivity index (χ1v) is 36.0. The van der Waals surface area contributed by atoms with Gasteiger partial charge in [-0.3, -0.25) is 14.2 Å². The Morgan fingerprint density at radius 2 is 0.731 bits per heavy atom. The minimum Gasteiger partial charge on any atom is -0.756 e. The highest BCUT2D eigenvalue weighted by Gasteiger charge is 2.27. The number of rotatable bonds is 64. The second-order valence-corrected chi connectivity index (χ2v) is 26.5. The Labute approximate surface area is 486 Å². The number of nitrogens with zero attached hydrogens (tertiary/aromatic N) is 1. The average molecular weight is 1120 g/mol. The van der Waals surface area contributed by atoms with E-state index in [4.69, 9.17) is 13.8 Å². The molecule has 0 bridgehead atoms. The molecule has 0 spiro atoms. The summed E-state index contributed by atoms with van der Waals surface area (Å²) >= 11 is 0. The third-order valence-electron chi connectivity index (χ3n) is 16.0. The van der Waals surface area contributed by atoms with Gasteiger partial charge in [0.05, 0.1) is 33.8 Å². The average Bonchev–Trinajstić information content (AvgIpc) is 3.40. The number of amides is 1. The number of quaternary nitrogens is 1. The van der Waals surface area contributed by atoms with Crippen LogP contribution >= 0.6 is 7.82 Å². The quantitative estimate of drug-likeness (QED) is 0.0212. The van der Waals surface area contributed by atoms with E-state index >= 15 is 0 Å². The van der Waals surface area contributed by atoms with Crippen molar-refractivity contribution in [2.75, 3.05) is 40.9 Å². The number of phosphoric acid groups is 1. The Morgan fingerprint density at radius 3 is 1.05 bits per heavy atom. The van der Waals surface area contributed by atoms with Crippen LogP contribution in [0.3, 0.4) is 0 Å². The van der Waals surface area contributed by atoms with Gasteiger partial charge in [-0.15, -0.1) is 0 Å². The summed E-state index contributed by atoms with van der Waals surface area (Å²) in [5, 5.41) is 3.05. The highest BCUT2D eigenvalue weighted by molar-refractivity contribution is 7.45. The zero-order chi connectivity index (χ0) is 57.2. The number of hydrogen-bond donors (Lipinski definition) is 1. The summed E-state index contributed by atoms with van der Waals surface area (Å²) in [5.74, 6) is -0.517. The van der Waals surface area contributed by atoms with Crippen LogP contribution in [0.25, 0.3) is 0 Å². The Morgan fingerprint density at radius 1 is 0.436 bits per heavy atom. The fourth-order valence-corrected chi connectivity index (χ4v) is 11.4. The van der Waals surface area contributed by atoms with Gasteiger partial charge in [0.2, 0.25) is 5.91 Å². The summed E-state index contributed by atoms with van der Waals surface area (Å²) in [5.41, 5.74) is 0. The van der Waals surface area contributed by atoms with E-state index in [1.807, 2.05) is 33.3 Å². The number of carbonyl (C=O) groups excluding carboxylic acids is 2. The molecule has 0 saturated heterocycles. The van der Waals surface area contributed by atoms with Crippen LogP contribution in [0.5, 0.6) is 0 Å². The first-order valence-electron chi connectivity index (χ1n) is 34.5. The van der Waals surface area contributed by atoms with Crippen molar-refractivity contribution in [2.24, 2.45) is 0 Å². The minimum atomic E-state index is -4.69. The molecule has 464 valence electrons. The third kappa shape index (κ3) is 59.4. The van der Waals surface area contributed by atoms with Crippen LogP contribution in [0.1, 0.15) is 361 Å². The molecular weight excluding hydrogens is 988 g/mol. The van der Waals surface area contributed by atoms with E-state index in [1.165, 1.54) is 270 Å². The molecule has 9 nitrogen and oxygen atoms in total. The molecular formula is C68H135N2O7P. The monoisotopic (exact) mass is 1120 g/mol. The molecule has 78 heavy (non-hydrogen) atoms. The zero-order valence-electron chi connectivity index (χ0n) is 53.2. The molecule has 0 aliphatic carbocycles. The highest BCUT2D eigenvalue weighted by Crippen LogP contribution is 2.38. The lowest BCUT2D eigenvalue weighted by atomic mass is 10.0. The molecule has 0 rings (SSSR count). The van der Waals surface area contributed by atoms with Crippen molar-refractivity contribution in [3.63, 3.8) is 0 Å². The predicted molar refractivity (Wildman–Crippen MR) is 335 cm³/mol. The van der Waals surface area contributed by atoms with Crippen molar-refractivity contribution in [3.8, 4) is 0 Å². The first kappa shape index (κ1) is 76.8. The Hall–Kier alpha value is -1.25. The summed E-state index contributed by atoms with van der Waals surface area (Å²) in [4.78, 5) is 40.0. The Balaban J connectivity index is 4.92. The minimum absolute atomic E-state index is 0.0166. The van der Waals surface area contributed by atoms with E-state index < -0.39 is 20.0 Å². The van der Waals surface area contributed by atoms with Crippen molar-refractivity contribution in [2.45, 2.75) is 373 Å². The SMILES string of the molecule is CCCCCCCCCCCC/C=C\C(OC(=O)CCCCCCCCCCCCCCC)C(COP(=O)([O-])OCC[N+](C)(C)C)NC(=O)CCCCCCCCCCCCCCCCCCCCCCCCCCCCC. The van der Waals surface area contributed by atoms with Crippen LogP contribution < -0.4 is 10.2 Å². The lowest BCUT2D eigenvalue weighted by molar-refractivity contribution is -0.870. The van der Waals surface area contributed by atoms with E-state index in [0.717, 1.165) is 57.8 Å². The van der Waals surface area contributed by atoms with Crippen LogP contribution in [0.4, 0.5) is 0 Å². The molecule has 0 radical (unpaired) electrons. The molecule has 1 amide bonds. The van der Waals surface area contributed by atoms with Crippen molar-refractivity contribution < 1.29 is 37.3 Å². The molecule has 3 unspecified atom stereocenters. The Bertz CT molecular complexity index is 1340. The standard InChI is InChI=1S/C68H135N2O7P/c1-7-10-13-16-19-22-25-28-29-30-31-32-33-34-35-36-37-38-39-40-41-43-45-48-51-54-57-60-67(71)69-65(64-76-78(73,74)75-63-62-70(4,5)6)66(59-56-53-50-47-44-27-24-21-18-15-12-9-3)77-68(72)61-58-55-52-49-46-42-26-23-20-17-14-11-8-2/h56,59,65-66H,7-55,57-58,60-64H2,1-6H3,(H-,69,71,73,74)/b59-56-. The number of allylic oxidation sites excluding steroid dienone is 1. The second kappa shape index (κ2) is 58.9. The summed E-state index contributed by atoms with van der Waals surface area (Å²) < 4.78 is 30.4. The fourth-order valence-electron chi connectivity index (χ4n) is 10.6. The topological polar surface area (TPSA) is 114 Å². The lowest BCUT2D eigenvalue weighted by Gasteiger charge is -2.30. The number of nitrogens with one attached hydrogen (secondary N) is 1. The number of unbranched alkanes of at least 4 members (excludes halogenated alkanes) is 48. The van der Waals surface area contributed by atoms with E-state index in [1.54, 1.807) is 0 Å². The number of likely N-dealkylation sites (N-methyl/N-ethyl adjacent to an activating group) is 1. The fraction of sp³-hybridized carbons (Fsp3) is 0.941. The molecule has 0 heterocycles. The van der Waals surface area contributed by atoms with Gasteiger partial charge < -0.3 is 28.5 Å². The molecule has 0 aromatic rings. The number of esters is 1. The van der Waals surface area contributed by atoms with Crippen LogP contribution in [-0.2, 0) is 27.9 Å². The first-order chi connectivity index (χ1) is 37.9. The van der Waals surface area contributed by atoms with Crippen molar-refractivity contribution in [1.82, 2.24) is 5.32 Å². The van der Waals surface area contributed by atoms with E-state index in [-0.39, 0.29) is 31.5 Å². The van der Waals surface area contributed by atoms with Crippen LogP contribution in [0, 0.1) is 0 Å². The van der Waals surface area contributed by atoms with Crippen LogP contribution in [0.2, 0.25) is 0 Å². The van der Waals surface area contributed by atoms with Crippen molar-refractivity contribution >= 4 is 19.7 Å². The van der Waals surface area contributed by atoms with Gasteiger partial charge >= 0.3 is 5.97 Å². The molecule has 3 atom stereocenters. The third-order valence-corrected chi connectivity index (χ3v) is 16.9. The number of carbonyl (C=O) groups is 2. The van der Waals surface area contributed by atoms with E-state index in [2.05, 4.69) is 26.1 Å². The molecule has 0 aromatic heterocycles. The maximum absolute atomic E-state index is 13.6. The summed E-state index contributed by atoms with van der Waals surface area (Å²) in [7, 11) is 1.21. The maximum atomic E-state index is 13.6. The van der Waals surface area contributed by atoms with Crippen molar-refractivity contribution in [1.29, 1.82) is 0 Å². The van der Waals surface area contributed by atoms with E-state index in [0.29, 0.717) is 17.4 Å². The Kier molecular flexibility index (Phi) is 58.0. The largest absolute Gasteiger partial charge is 0.756 e. The van der Waals surface area contributed by atoms with Gasteiger partial charge in [-0.2, -0.15) is 0 Å². The maximum Gasteiger partial charge on any atom is 0.306 e. The van der Waals surface area contributed by atoms with Gasteiger partial charge in [0.15, 0.2) is 0 Å². The smallest absolute Gasteiger partial charge is 0.306 e. The molecule has 0 aromatic carbocycles. The number of ether oxygens (including phenoxy) is 1. The molecule has 1 N–H and O–H groups in total.